The van der Waals surface area contributed by atoms with E-state index in [-0.39, 0.29) is 5.56 Å². The second-order valence-corrected chi connectivity index (χ2v) is 5.28. The van der Waals surface area contributed by atoms with E-state index in [2.05, 4.69) is 15.3 Å². The first kappa shape index (κ1) is 18.8. The molecular weight excluding hydrogens is 327 g/mol. The SMILES string of the molecule is COCCOCCNc1ncc(-c2ccc(F)c(C(N)=O)c2)c(C)n1. The number of anilines is 1. The Morgan fingerprint density at radius 2 is 2.12 bits per heavy atom. The number of nitrogens with zero attached hydrogens (tertiary/aromatic N) is 2. The Bertz CT molecular complexity index is 740. The number of benzene rings is 1. The molecule has 0 saturated heterocycles. The van der Waals surface area contributed by atoms with Crippen molar-refractivity contribution >= 4 is 11.9 Å². The summed E-state index contributed by atoms with van der Waals surface area (Å²) < 4.78 is 23.8. The maximum absolute atomic E-state index is 13.6. The monoisotopic (exact) mass is 348 g/mol. The molecule has 0 radical (unpaired) electrons. The molecule has 0 aliphatic heterocycles. The van der Waals surface area contributed by atoms with E-state index < -0.39 is 11.7 Å². The zero-order valence-electron chi connectivity index (χ0n) is 14.2. The van der Waals surface area contributed by atoms with Crippen LogP contribution in [0, 0.1) is 12.7 Å². The zero-order valence-corrected chi connectivity index (χ0v) is 14.2. The summed E-state index contributed by atoms with van der Waals surface area (Å²) in [5.41, 5.74) is 7.04. The van der Waals surface area contributed by atoms with Crippen LogP contribution in [0.5, 0.6) is 0 Å². The quantitative estimate of drug-likeness (QED) is 0.670. The smallest absolute Gasteiger partial charge is 0.251 e. The maximum Gasteiger partial charge on any atom is 0.251 e. The van der Waals surface area contributed by atoms with Crippen LogP contribution in [-0.4, -0.2) is 49.4 Å². The summed E-state index contributed by atoms with van der Waals surface area (Å²) in [7, 11) is 1.62. The first-order valence-corrected chi connectivity index (χ1v) is 7.77. The van der Waals surface area contributed by atoms with Gasteiger partial charge in [0, 0.05) is 25.4 Å². The van der Waals surface area contributed by atoms with Gasteiger partial charge in [0.1, 0.15) is 5.82 Å². The standard InChI is InChI=1S/C17H21FN4O3/c1-11-14(12-3-4-15(18)13(9-12)16(19)23)10-21-17(22-11)20-5-6-25-8-7-24-2/h3-4,9-10H,5-8H2,1-2H3,(H2,19,23)(H,20,21,22). The highest BCUT2D eigenvalue weighted by Gasteiger charge is 2.12. The van der Waals surface area contributed by atoms with Crippen LogP contribution >= 0.6 is 0 Å². The molecule has 0 spiro atoms. The van der Waals surface area contributed by atoms with E-state index in [4.69, 9.17) is 15.2 Å². The van der Waals surface area contributed by atoms with Gasteiger partial charge in [-0.05, 0) is 24.6 Å². The highest BCUT2D eigenvalue weighted by atomic mass is 19.1. The predicted octanol–water partition coefficient (Wildman–Crippen LogP) is 1.76. The number of primary amides is 1. The van der Waals surface area contributed by atoms with Gasteiger partial charge in [0.05, 0.1) is 31.1 Å². The van der Waals surface area contributed by atoms with Crippen molar-refractivity contribution in [2.24, 2.45) is 5.73 Å². The number of ether oxygens (including phenoxy) is 2. The lowest BCUT2D eigenvalue weighted by Crippen LogP contribution is -2.14. The summed E-state index contributed by atoms with van der Waals surface area (Å²) in [5.74, 6) is -1.000. The lowest BCUT2D eigenvalue weighted by molar-refractivity contribution is 0.0759. The van der Waals surface area contributed by atoms with Crippen molar-refractivity contribution < 1.29 is 18.7 Å². The van der Waals surface area contributed by atoms with E-state index in [0.29, 0.717) is 49.1 Å². The van der Waals surface area contributed by atoms with Gasteiger partial charge in [-0.1, -0.05) is 6.07 Å². The molecular formula is C17H21FN4O3. The van der Waals surface area contributed by atoms with Crippen LogP contribution in [0.1, 0.15) is 16.1 Å². The Kier molecular flexibility index (Phi) is 6.79. The Balaban J connectivity index is 2.04. The Hall–Kier alpha value is -2.58. The summed E-state index contributed by atoms with van der Waals surface area (Å²) in [6.45, 7) is 3.96. The number of rotatable bonds is 9. The molecule has 0 saturated carbocycles. The van der Waals surface area contributed by atoms with E-state index in [1.165, 1.54) is 12.1 Å². The van der Waals surface area contributed by atoms with E-state index in [9.17, 15) is 9.18 Å². The van der Waals surface area contributed by atoms with E-state index >= 15 is 0 Å². The highest BCUT2D eigenvalue weighted by molar-refractivity contribution is 5.94. The van der Waals surface area contributed by atoms with Crippen molar-refractivity contribution in [3.63, 3.8) is 0 Å². The third-order valence-electron chi connectivity index (χ3n) is 3.48. The lowest BCUT2D eigenvalue weighted by Gasteiger charge is -2.10. The molecule has 2 aromatic rings. The number of hydrogen-bond acceptors (Lipinski definition) is 6. The summed E-state index contributed by atoms with van der Waals surface area (Å²) in [6.07, 6.45) is 1.62. The molecule has 3 N–H and O–H groups in total. The number of nitrogens with two attached hydrogens (primary N) is 1. The fourth-order valence-electron chi connectivity index (χ4n) is 2.20. The van der Waals surface area contributed by atoms with Gasteiger partial charge in [0.25, 0.3) is 5.91 Å². The molecule has 1 amide bonds. The molecule has 0 bridgehead atoms. The number of carbonyl (C=O) groups is 1. The Labute approximate surface area is 145 Å². The normalized spacial score (nSPS) is 10.7. The molecule has 0 unspecified atom stereocenters. The number of carbonyl (C=O) groups excluding carboxylic acids is 1. The molecule has 0 fully saturated rings. The third-order valence-corrected chi connectivity index (χ3v) is 3.48. The summed E-state index contributed by atoms with van der Waals surface area (Å²) >= 11 is 0. The average molecular weight is 348 g/mol. The number of aryl methyl sites for hydroxylation is 1. The third kappa shape index (κ3) is 5.20. The molecule has 0 aliphatic carbocycles. The molecule has 134 valence electrons. The van der Waals surface area contributed by atoms with Crippen molar-refractivity contribution in [1.82, 2.24) is 9.97 Å². The largest absolute Gasteiger partial charge is 0.382 e. The van der Waals surface area contributed by atoms with Crippen LogP contribution < -0.4 is 11.1 Å². The van der Waals surface area contributed by atoms with Crippen LogP contribution in [0.2, 0.25) is 0 Å². The fraction of sp³-hybridized carbons (Fsp3) is 0.353. The minimum Gasteiger partial charge on any atom is -0.382 e. The predicted molar refractivity (Wildman–Crippen MR) is 91.9 cm³/mol. The number of methoxy groups -OCH3 is 1. The number of aromatic nitrogens is 2. The summed E-state index contributed by atoms with van der Waals surface area (Å²) in [5, 5.41) is 3.06. The van der Waals surface area contributed by atoms with Crippen LogP contribution in [0.15, 0.2) is 24.4 Å². The van der Waals surface area contributed by atoms with Crippen LogP contribution in [0.4, 0.5) is 10.3 Å². The molecule has 1 aromatic heterocycles. The summed E-state index contributed by atoms with van der Waals surface area (Å²) in [6, 6.07) is 4.17. The molecule has 1 heterocycles. The first-order valence-electron chi connectivity index (χ1n) is 7.77. The van der Waals surface area contributed by atoms with Gasteiger partial charge in [0.2, 0.25) is 5.95 Å². The number of amides is 1. The van der Waals surface area contributed by atoms with Gasteiger partial charge in [-0.2, -0.15) is 0 Å². The van der Waals surface area contributed by atoms with Gasteiger partial charge in [-0.25, -0.2) is 14.4 Å². The first-order chi connectivity index (χ1) is 12.0. The second-order valence-electron chi connectivity index (χ2n) is 5.28. The molecule has 1 aromatic carbocycles. The molecule has 0 atom stereocenters. The van der Waals surface area contributed by atoms with E-state index in [0.717, 1.165) is 0 Å². The lowest BCUT2D eigenvalue weighted by atomic mass is 10.0. The fourth-order valence-corrected chi connectivity index (χ4v) is 2.20. The van der Waals surface area contributed by atoms with E-state index in [1.807, 2.05) is 6.92 Å². The summed E-state index contributed by atoms with van der Waals surface area (Å²) in [4.78, 5) is 19.9. The average Bonchev–Trinajstić information content (AvgIpc) is 2.58. The van der Waals surface area contributed by atoms with Gasteiger partial charge in [-0.15, -0.1) is 0 Å². The molecule has 8 heteroatoms. The number of halogens is 1. The molecule has 0 aliphatic rings. The van der Waals surface area contributed by atoms with Gasteiger partial charge in [-0.3, -0.25) is 4.79 Å². The van der Waals surface area contributed by atoms with Gasteiger partial charge < -0.3 is 20.5 Å². The van der Waals surface area contributed by atoms with Crippen molar-refractivity contribution in [1.29, 1.82) is 0 Å². The van der Waals surface area contributed by atoms with Crippen molar-refractivity contribution in [2.45, 2.75) is 6.92 Å². The van der Waals surface area contributed by atoms with Gasteiger partial charge >= 0.3 is 0 Å². The topological polar surface area (TPSA) is 99.4 Å². The van der Waals surface area contributed by atoms with Crippen LogP contribution in [-0.2, 0) is 9.47 Å². The van der Waals surface area contributed by atoms with Crippen molar-refractivity contribution in [2.75, 3.05) is 38.8 Å². The highest BCUT2D eigenvalue weighted by Crippen LogP contribution is 2.24. The van der Waals surface area contributed by atoms with Crippen molar-refractivity contribution in [3.8, 4) is 11.1 Å². The zero-order chi connectivity index (χ0) is 18.2. The van der Waals surface area contributed by atoms with E-state index in [1.54, 1.807) is 19.4 Å². The van der Waals surface area contributed by atoms with Crippen LogP contribution in [0.3, 0.4) is 0 Å². The maximum atomic E-state index is 13.6. The number of nitrogens with one attached hydrogen (secondary N) is 1. The molecule has 7 nitrogen and oxygen atoms in total. The Morgan fingerprint density at radius 3 is 2.80 bits per heavy atom. The minimum atomic E-state index is -0.815. The second kappa shape index (κ2) is 9.05. The Morgan fingerprint density at radius 1 is 1.32 bits per heavy atom. The molecule has 2 rings (SSSR count). The van der Waals surface area contributed by atoms with Crippen molar-refractivity contribution in [3.05, 3.63) is 41.5 Å². The van der Waals surface area contributed by atoms with Crippen LogP contribution in [0.25, 0.3) is 11.1 Å². The number of hydrogen-bond donors (Lipinski definition) is 2. The minimum absolute atomic E-state index is 0.160. The van der Waals surface area contributed by atoms with Gasteiger partial charge in [0.15, 0.2) is 0 Å². The molecule has 25 heavy (non-hydrogen) atoms.